The third-order valence-electron chi connectivity index (χ3n) is 9.56. The monoisotopic (exact) mass is 626 g/mol. The van der Waals surface area contributed by atoms with Crippen LogP contribution in [0.25, 0.3) is 0 Å². The summed E-state index contributed by atoms with van der Waals surface area (Å²) >= 11 is 14.3. The van der Waals surface area contributed by atoms with Gasteiger partial charge < -0.3 is 20.3 Å². The summed E-state index contributed by atoms with van der Waals surface area (Å²) in [7, 11) is 1.72. The van der Waals surface area contributed by atoms with Crippen LogP contribution in [0.15, 0.2) is 0 Å². The van der Waals surface area contributed by atoms with E-state index < -0.39 is 23.9 Å². The summed E-state index contributed by atoms with van der Waals surface area (Å²) in [5, 5.41) is 16.5. The minimum atomic E-state index is -2.52. The van der Waals surface area contributed by atoms with E-state index in [9.17, 15) is 18.4 Å². The molecule has 13 unspecified atom stereocenters. The molecule has 5 aliphatic rings. The molecule has 13 atom stereocenters. The number of hydrogen-bond donors (Lipinski definition) is 5. The molecule has 0 bridgehead atoms. The Labute approximate surface area is 249 Å². The fourth-order valence-electron chi connectivity index (χ4n) is 7.33. The highest BCUT2D eigenvalue weighted by Crippen LogP contribution is 2.39. The molecule has 5 rings (SSSR count). The lowest BCUT2D eigenvalue weighted by atomic mass is 9.70. The summed E-state index contributed by atoms with van der Waals surface area (Å²) in [4.78, 5) is 28.7. The van der Waals surface area contributed by atoms with Gasteiger partial charge in [0.25, 0.3) is 0 Å². The van der Waals surface area contributed by atoms with E-state index in [2.05, 4.69) is 33.5 Å². The van der Waals surface area contributed by atoms with Gasteiger partial charge in [-0.1, -0.05) is 6.92 Å². The van der Waals surface area contributed by atoms with E-state index in [0.29, 0.717) is 32.2 Å². The quantitative estimate of drug-likeness (QED) is 0.223. The minimum Gasteiger partial charge on any atom is -0.380 e. The number of piperidine rings is 3. The lowest BCUT2D eigenvalue weighted by molar-refractivity contribution is -0.135. The van der Waals surface area contributed by atoms with Gasteiger partial charge in [0.05, 0.1) is 29.1 Å². The van der Waals surface area contributed by atoms with Crippen molar-refractivity contribution in [3.05, 3.63) is 0 Å². The van der Waals surface area contributed by atoms with Crippen LogP contribution in [0.3, 0.4) is 0 Å². The summed E-state index contributed by atoms with van der Waals surface area (Å²) in [5.74, 6) is -1.12. The van der Waals surface area contributed by atoms with Crippen LogP contribution >= 0.6 is 35.0 Å². The standard InChI is InChI=1S/C26H42Cl2F2N6O3S/c1-11-4-15(23(29)30)22(28)34-21(11)25(38)36-9-17-19(10-36)40-26(33-17)35-24(37)16-7-31-12(2)5-13(16)14-6-20(27)32-8-18(14)39-3/h11-23,26,31-34H,4-10H2,1-3H3,(H,35,37). The number of rotatable bonds is 6. The molecule has 5 aliphatic heterocycles. The molecule has 5 saturated heterocycles. The van der Waals surface area contributed by atoms with E-state index in [1.54, 1.807) is 23.8 Å². The van der Waals surface area contributed by atoms with E-state index in [4.69, 9.17) is 27.9 Å². The topological polar surface area (TPSA) is 107 Å². The van der Waals surface area contributed by atoms with Gasteiger partial charge in [0, 0.05) is 56.5 Å². The number of amides is 2. The normalized spacial score (nSPS) is 45.9. The van der Waals surface area contributed by atoms with E-state index >= 15 is 0 Å². The van der Waals surface area contributed by atoms with Gasteiger partial charge in [0.2, 0.25) is 18.2 Å². The van der Waals surface area contributed by atoms with Crippen LogP contribution in [0.4, 0.5) is 8.78 Å². The van der Waals surface area contributed by atoms with Crippen LogP contribution in [0.5, 0.6) is 0 Å². The van der Waals surface area contributed by atoms with E-state index in [1.807, 2.05) is 6.92 Å². The number of nitrogens with one attached hydrogen (secondary N) is 5. The van der Waals surface area contributed by atoms with Crippen LogP contribution in [0.1, 0.15) is 33.1 Å². The van der Waals surface area contributed by atoms with Crippen LogP contribution in [0, 0.1) is 29.6 Å². The first-order chi connectivity index (χ1) is 19.0. The lowest BCUT2D eigenvalue weighted by Crippen LogP contribution is -2.58. The minimum absolute atomic E-state index is 0.0131. The van der Waals surface area contributed by atoms with E-state index in [1.165, 1.54) is 0 Å². The molecule has 5 N–H and O–H groups in total. The van der Waals surface area contributed by atoms with Gasteiger partial charge in [-0.2, -0.15) is 0 Å². The maximum absolute atomic E-state index is 13.6. The third kappa shape index (κ3) is 6.54. The maximum Gasteiger partial charge on any atom is 0.244 e. The van der Waals surface area contributed by atoms with Crippen LogP contribution in [0.2, 0.25) is 0 Å². The van der Waals surface area contributed by atoms with Gasteiger partial charge in [-0.05, 0) is 43.9 Å². The van der Waals surface area contributed by atoms with Crippen molar-refractivity contribution in [2.45, 2.75) is 85.5 Å². The summed E-state index contributed by atoms with van der Waals surface area (Å²) < 4.78 is 32.3. The summed E-state index contributed by atoms with van der Waals surface area (Å²) in [6.45, 7) is 6.30. The van der Waals surface area contributed by atoms with Crippen molar-refractivity contribution in [1.29, 1.82) is 0 Å². The number of carbonyl (C=O) groups excluding carboxylic acids is 2. The Bertz CT molecular complexity index is 916. The van der Waals surface area contributed by atoms with Crippen LogP contribution in [-0.4, -0.2) is 102 Å². The molecule has 9 nitrogen and oxygen atoms in total. The number of carbonyl (C=O) groups is 2. The van der Waals surface area contributed by atoms with Gasteiger partial charge >= 0.3 is 0 Å². The van der Waals surface area contributed by atoms with Crippen molar-refractivity contribution in [2.24, 2.45) is 29.6 Å². The number of halogens is 4. The van der Waals surface area contributed by atoms with Gasteiger partial charge in [-0.3, -0.25) is 25.5 Å². The first-order valence-electron chi connectivity index (χ1n) is 14.4. The molecule has 228 valence electrons. The second-order valence-electron chi connectivity index (χ2n) is 12.2. The Kier molecular flexibility index (Phi) is 10.1. The first kappa shape index (κ1) is 31.0. The Hall–Kier alpha value is -0.470. The zero-order valence-corrected chi connectivity index (χ0v) is 25.5. The molecule has 2 amide bonds. The predicted octanol–water partition coefficient (Wildman–Crippen LogP) is 1.55. The second kappa shape index (κ2) is 13.0. The van der Waals surface area contributed by atoms with E-state index in [0.717, 1.165) is 12.8 Å². The van der Waals surface area contributed by atoms with Crippen molar-refractivity contribution in [1.82, 2.24) is 31.5 Å². The Morgan fingerprint density at radius 1 is 1.05 bits per heavy atom. The van der Waals surface area contributed by atoms with Gasteiger partial charge in [0.1, 0.15) is 5.50 Å². The SMILES string of the molecule is COC1CNC(Cl)CC1C1CC(C)NCC1C(=O)NC1NC2CN(C(=O)C3NC(Cl)C(C(F)F)CC3C)CC2S1. The number of alkyl halides is 4. The Morgan fingerprint density at radius 2 is 1.82 bits per heavy atom. The molecule has 0 aromatic carbocycles. The highest BCUT2D eigenvalue weighted by molar-refractivity contribution is 8.00. The summed E-state index contributed by atoms with van der Waals surface area (Å²) in [5.41, 5.74) is -1.30. The van der Waals surface area contributed by atoms with Gasteiger partial charge in [-0.25, -0.2) is 8.78 Å². The number of methoxy groups -OCH3 is 1. The maximum atomic E-state index is 13.6. The summed E-state index contributed by atoms with van der Waals surface area (Å²) in [6.07, 6.45) is -0.656. The number of thioether (sulfide) groups is 1. The number of ether oxygens (including phenoxy) is 1. The Balaban J connectivity index is 1.15. The van der Waals surface area contributed by atoms with Crippen LogP contribution < -0.4 is 26.6 Å². The van der Waals surface area contributed by atoms with Crippen molar-refractivity contribution >= 4 is 46.8 Å². The molecular weight excluding hydrogens is 585 g/mol. The van der Waals surface area contributed by atoms with E-state index in [-0.39, 0.29) is 70.3 Å². The summed E-state index contributed by atoms with van der Waals surface area (Å²) in [6, 6.07) is -0.222. The van der Waals surface area contributed by atoms with Crippen molar-refractivity contribution < 1.29 is 23.1 Å². The molecule has 0 aliphatic carbocycles. The zero-order chi connectivity index (χ0) is 28.7. The molecule has 0 spiro atoms. The van der Waals surface area contributed by atoms with Gasteiger partial charge in [0.15, 0.2) is 0 Å². The first-order valence-corrected chi connectivity index (χ1v) is 16.2. The zero-order valence-electron chi connectivity index (χ0n) is 23.1. The Morgan fingerprint density at radius 3 is 2.52 bits per heavy atom. The predicted molar refractivity (Wildman–Crippen MR) is 152 cm³/mol. The number of fused-ring (bicyclic) bond motifs is 1. The van der Waals surface area contributed by atoms with Crippen molar-refractivity contribution in [3.63, 3.8) is 0 Å². The molecular formula is C26H42Cl2F2N6O3S. The number of likely N-dealkylation sites (tertiary alicyclic amines) is 1. The number of nitrogens with zero attached hydrogens (tertiary/aromatic N) is 1. The molecule has 0 aromatic rings. The highest BCUT2D eigenvalue weighted by Gasteiger charge is 2.49. The van der Waals surface area contributed by atoms with Gasteiger partial charge in [-0.15, -0.1) is 35.0 Å². The highest BCUT2D eigenvalue weighted by atomic mass is 35.5. The fourth-order valence-corrected chi connectivity index (χ4v) is 9.38. The molecule has 0 radical (unpaired) electrons. The number of hydrogen-bond acceptors (Lipinski definition) is 8. The smallest absolute Gasteiger partial charge is 0.244 e. The fraction of sp³-hybridized carbons (Fsp3) is 0.923. The van der Waals surface area contributed by atoms with Crippen molar-refractivity contribution in [2.75, 3.05) is 33.3 Å². The molecule has 5 fully saturated rings. The average Bonchev–Trinajstić information content (AvgIpc) is 3.48. The van der Waals surface area contributed by atoms with Crippen LogP contribution in [-0.2, 0) is 14.3 Å². The molecule has 40 heavy (non-hydrogen) atoms. The third-order valence-corrected chi connectivity index (χ3v) is 11.7. The molecule has 0 aromatic heterocycles. The second-order valence-corrected chi connectivity index (χ2v) is 14.5. The lowest BCUT2D eigenvalue weighted by Gasteiger charge is -2.45. The molecule has 0 saturated carbocycles. The average molecular weight is 628 g/mol. The van der Waals surface area contributed by atoms with Crippen molar-refractivity contribution in [3.8, 4) is 0 Å². The molecule has 14 heteroatoms. The molecule has 5 heterocycles. The largest absolute Gasteiger partial charge is 0.380 e.